The normalized spacial score (nSPS) is 10.8. The fourth-order valence-electron chi connectivity index (χ4n) is 2.47. The molecule has 0 unspecified atom stereocenters. The van der Waals surface area contributed by atoms with Gasteiger partial charge in [0.2, 0.25) is 0 Å². The Morgan fingerprint density at radius 1 is 1.29 bits per heavy atom. The summed E-state index contributed by atoms with van der Waals surface area (Å²) >= 11 is 9.48. The quantitative estimate of drug-likeness (QED) is 0.596. The Morgan fingerprint density at radius 3 is 2.75 bits per heavy atom. The molecule has 0 spiro atoms. The largest absolute Gasteiger partial charge is 0.478 e. The summed E-state index contributed by atoms with van der Waals surface area (Å²) in [7, 11) is 0. The Balaban J connectivity index is 2.23. The van der Waals surface area contributed by atoms with Crippen LogP contribution in [0.4, 0.5) is 15.8 Å². The summed E-state index contributed by atoms with van der Waals surface area (Å²) in [6.07, 6.45) is 1.61. The fraction of sp³-hybridized carbons (Fsp3) is 0.0588. The van der Waals surface area contributed by atoms with E-state index in [1.165, 1.54) is 6.07 Å². The molecular weight excluding hydrogens is 399 g/mol. The Morgan fingerprint density at radius 2 is 2.04 bits per heavy atom. The second-order valence-corrected chi connectivity index (χ2v) is 6.51. The number of nitrogens with zero attached hydrogens (tertiary/aromatic N) is 1. The molecule has 4 nitrogen and oxygen atoms in total. The third-order valence-electron chi connectivity index (χ3n) is 3.56. The number of aryl methyl sites for hydroxylation is 1. The van der Waals surface area contributed by atoms with Crippen molar-refractivity contribution in [2.24, 2.45) is 0 Å². The molecule has 0 saturated heterocycles. The molecule has 1 aromatic heterocycles. The number of anilines is 2. The Hall–Kier alpha value is -2.18. The Bertz CT molecular complexity index is 973. The second-order valence-electron chi connectivity index (χ2n) is 5.22. The van der Waals surface area contributed by atoms with Crippen molar-refractivity contribution in [3.63, 3.8) is 0 Å². The van der Waals surface area contributed by atoms with Crippen LogP contribution in [0.3, 0.4) is 0 Å². The van der Waals surface area contributed by atoms with Crippen molar-refractivity contribution in [1.29, 1.82) is 0 Å². The molecule has 122 valence electrons. The number of carboxylic acids is 1. The number of halogens is 3. The van der Waals surface area contributed by atoms with Crippen molar-refractivity contribution in [2.45, 2.75) is 6.92 Å². The zero-order chi connectivity index (χ0) is 17.4. The second kappa shape index (κ2) is 6.37. The summed E-state index contributed by atoms with van der Waals surface area (Å²) in [5.74, 6) is -1.82. The van der Waals surface area contributed by atoms with Gasteiger partial charge in [0.15, 0.2) is 0 Å². The minimum Gasteiger partial charge on any atom is -0.478 e. The molecule has 24 heavy (non-hydrogen) atoms. The summed E-state index contributed by atoms with van der Waals surface area (Å²) in [4.78, 5) is 15.8. The van der Waals surface area contributed by atoms with E-state index in [4.69, 9.17) is 11.6 Å². The van der Waals surface area contributed by atoms with E-state index >= 15 is 0 Å². The number of nitrogens with one attached hydrogen (secondary N) is 1. The van der Waals surface area contributed by atoms with E-state index < -0.39 is 11.8 Å². The molecule has 0 aliphatic rings. The predicted molar refractivity (Wildman–Crippen MR) is 95.8 cm³/mol. The highest BCUT2D eigenvalue weighted by molar-refractivity contribution is 9.10. The van der Waals surface area contributed by atoms with Crippen LogP contribution in [0.25, 0.3) is 10.9 Å². The highest BCUT2D eigenvalue weighted by Crippen LogP contribution is 2.36. The molecular formula is C17H11BrClFN2O2. The highest BCUT2D eigenvalue weighted by Gasteiger charge is 2.17. The van der Waals surface area contributed by atoms with E-state index in [9.17, 15) is 14.3 Å². The van der Waals surface area contributed by atoms with Gasteiger partial charge in [0.1, 0.15) is 5.82 Å². The molecule has 0 atom stereocenters. The molecule has 0 aliphatic heterocycles. The molecule has 2 aromatic carbocycles. The average molecular weight is 410 g/mol. The Kier molecular flexibility index (Phi) is 4.43. The standard InChI is InChI=1S/C17H11BrClFN2O2/c1-8-4-10(20)6-12(17(23)24)15(8)22-16-11-5-9(19)2-3-14(11)21-7-13(16)18/h2-7H,1H3,(H,21,22)(H,23,24). The number of hydrogen-bond acceptors (Lipinski definition) is 3. The molecule has 0 fully saturated rings. The number of hydrogen-bond donors (Lipinski definition) is 2. The fourth-order valence-corrected chi connectivity index (χ4v) is 3.06. The van der Waals surface area contributed by atoms with Crippen LogP contribution in [0, 0.1) is 12.7 Å². The predicted octanol–water partition coefficient (Wildman–Crippen LogP) is 5.54. The molecule has 2 N–H and O–H groups in total. The third kappa shape index (κ3) is 3.07. The van der Waals surface area contributed by atoms with Gasteiger partial charge in [0.25, 0.3) is 0 Å². The lowest BCUT2D eigenvalue weighted by Gasteiger charge is -2.16. The van der Waals surface area contributed by atoms with Crippen molar-refractivity contribution in [3.05, 3.63) is 63.0 Å². The lowest BCUT2D eigenvalue weighted by Crippen LogP contribution is -2.06. The van der Waals surface area contributed by atoms with Gasteiger partial charge in [0, 0.05) is 16.6 Å². The van der Waals surface area contributed by atoms with Gasteiger partial charge in [0.05, 0.1) is 26.9 Å². The summed E-state index contributed by atoms with van der Waals surface area (Å²) in [5.41, 5.74) is 1.95. The lowest BCUT2D eigenvalue weighted by molar-refractivity contribution is 0.0697. The van der Waals surface area contributed by atoms with Crippen LogP contribution in [0.2, 0.25) is 5.02 Å². The maximum absolute atomic E-state index is 13.6. The van der Waals surface area contributed by atoms with E-state index in [1.807, 2.05) is 0 Å². The van der Waals surface area contributed by atoms with Gasteiger partial charge in [-0.2, -0.15) is 0 Å². The zero-order valence-corrected chi connectivity index (χ0v) is 14.7. The van der Waals surface area contributed by atoms with Crippen LogP contribution in [0.5, 0.6) is 0 Å². The summed E-state index contributed by atoms with van der Waals surface area (Å²) < 4.78 is 14.2. The molecule has 0 aliphatic carbocycles. The van der Waals surface area contributed by atoms with Crippen molar-refractivity contribution in [1.82, 2.24) is 4.98 Å². The summed E-state index contributed by atoms with van der Waals surface area (Å²) in [6, 6.07) is 7.49. The van der Waals surface area contributed by atoms with Gasteiger partial charge >= 0.3 is 5.97 Å². The SMILES string of the molecule is Cc1cc(F)cc(C(=O)O)c1Nc1c(Br)cnc2ccc(Cl)cc12. The van der Waals surface area contributed by atoms with Crippen molar-refractivity contribution >= 4 is 55.8 Å². The van der Waals surface area contributed by atoms with E-state index in [0.29, 0.717) is 32.0 Å². The third-order valence-corrected chi connectivity index (χ3v) is 4.40. The first kappa shape index (κ1) is 16.7. The van der Waals surface area contributed by atoms with Crippen molar-refractivity contribution in [2.75, 3.05) is 5.32 Å². The van der Waals surface area contributed by atoms with Crippen LogP contribution in [0.1, 0.15) is 15.9 Å². The van der Waals surface area contributed by atoms with E-state index in [0.717, 1.165) is 11.5 Å². The van der Waals surface area contributed by atoms with Crippen LogP contribution in [-0.4, -0.2) is 16.1 Å². The highest BCUT2D eigenvalue weighted by atomic mass is 79.9. The maximum atomic E-state index is 13.6. The number of pyridine rings is 1. The molecule has 0 saturated carbocycles. The van der Waals surface area contributed by atoms with Gasteiger partial charge in [-0.05, 0) is 58.7 Å². The van der Waals surface area contributed by atoms with Gasteiger partial charge in [-0.25, -0.2) is 9.18 Å². The van der Waals surface area contributed by atoms with Crippen LogP contribution in [-0.2, 0) is 0 Å². The Labute approximate surface area is 150 Å². The number of fused-ring (bicyclic) bond motifs is 1. The van der Waals surface area contributed by atoms with Gasteiger partial charge < -0.3 is 10.4 Å². The van der Waals surface area contributed by atoms with E-state index in [-0.39, 0.29) is 5.56 Å². The average Bonchev–Trinajstić information content (AvgIpc) is 2.51. The van der Waals surface area contributed by atoms with Gasteiger partial charge in [-0.15, -0.1) is 0 Å². The van der Waals surface area contributed by atoms with Gasteiger partial charge in [-0.3, -0.25) is 4.98 Å². The first-order valence-electron chi connectivity index (χ1n) is 6.91. The smallest absolute Gasteiger partial charge is 0.337 e. The molecule has 0 bridgehead atoms. The van der Waals surface area contributed by atoms with E-state index in [2.05, 4.69) is 26.2 Å². The number of carbonyl (C=O) groups is 1. The van der Waals surface area contributed by atoms with Crippen molar-refractivity contribution < 1.29 is 14.3 Å². The monoisotopic (exact) mass is 408 g/mol. The van der Waals surface area contributed by atoms with Crippen LogP contribution in [0.15, 0.2) is 41.0 Å². The molecule has 0 amide bonds. The topological polar surface area (TPSA) is 62.2 Å². The lowest BCUT2D eigenvalue weighted by atomic mass is 10.1. The van der Waals surface area contributed by atoms with Crippen LogP contribution >= 0.6 is 27.5 Å². The molecule has 0 radical (unpaired) electrons. The number of aromatic carboxylic acids is 1. The number of rotatable bonds is 3. The summed E-state index contributed by atoms with van der Waals surface area (Å²) in [6.45, 7) is 1.64. The zero-order valence-electron chi connectivity index (χ0n) is 12.4. The molecule has 3 rings (SSSR count). The van der Waals surface area contributed by atoms with Gasteiger partial charge in [-0.1, -0.05) is 11.6 Å². The molecule has 1 heterocycles. The number of aromatic nitrogens is 1. The maximum Gasteiger partial charge on any atom is 0.337 e. The molecule has 3 aromatic rings. The minimum absolute atomic E-state index is 0.147. The minimum atomic E-state index is -1.22. The first-order chi connectivity index (χ1) is 11.4. The van der Waals surface area contributed by atoms with Crippen molar-refractivity contribution in [3.8, 4) is 0 Å². The summed E-state index contributed by atoms with van der Waals surface area (Å²) in [5, 5.41) is 13.7. The van der Waals surface area contributed by atoms with Crippen LogP contribution < -0.4 is 5.32 Å². The first-order valence-corrected chi connectivity index (χ1v) is 8.08. The van der Waals surface area contributed by atoms with E-state index in [1.54, 1.807) is 31.3 Å². The number of benzene rings is 2. The number of carboxylic acid groups (broad SMARTS) is 1. The molecule has 7 heteroatoms.